The van der Waals surface area contributed by atoms with E-state index in [-0.39, 0.29) is 10.6 Å². The van der Waals surface area contributed by atoms with Gasteiger partial charge in [0.15, 0.2) is 0 Å². The minimum Gasteiger partial charge on any atom is -0.480 e. The van der Waals surface area contributed by atoms with Gasteiger partial charge in [-0.2, -0.15) is 4.72 Å². The Morgan fingerprint density at radius 1 is 1.40 bits per heavy atom. The molecule has 2 N–H and O–H groups in total. The zero-order valence-corrected chi connectivity index (χ0v) is 12.2. The van der Waals surface area contributed by atoms with Crippen molar-refractivity contribution in [3.8, 4) is 0 Å². The number of rotatable bonds is 5. The maximum Gasteiger partial charge on any atom is 0.339 e. The van der Waals surface area contributed by atoms with E-state index in [0.717, 1.165) is 20.1 Å². The van der Waals surface area contributed by atoms with Gasteiger partial charge in [0.05, 0.1) is 17.6 Å². The zero-order valence-electron chi connectivity index (χ0n) is 10.6. The number of hydrogen-bond donors (Lipinski definition) is 2. The van der Waals surface area contributed by atoms with Crippen molar-refractivity contribution < 1.29 is 27.9 Å². The van der Waals surface area contributed by atoms with Gasteiger partial charge in [0, 0.05) is 5.02 Å². The number of carbonyl (C=O) groups is 2. The molecule has 20 heavy (non-hydrogen) atoms. The van der Waals surface area contributed by atoms with Gasteiger partial charge in [-0.05, 0) is 25.1 Å². The fourth-order valence-corrected chi connectivity index (χ4v) is 3.00. The molecule has 0 fully saturated rings. The third-order valence-electron chi connectivity index (χ3n) is 2.34. The van der Waals surface area contributed by atoms with Crippen molar-refractivity contribution in [2.45, 2.75) is 17.9 Å². The summed E-state index contributed by atoms with van der Waals surface area (Å²) in [7, 11) is -3.13. The normalized spacial score (nSPS) is 12.8. The predicted octanol–water partition coefficient (Wildman–Crippen LogP) is 0.878. The van der Waals surface area contributed by atoms with Crippen molar-refractivity contribution in [3.05, 3.63) is 28.8 Å². The standard InChI is InChI=1S/C11H12ClNO6S/c1-6(10(14)15)13-20(17,18)9-5-7(12)3-4-8(9)11(16)19-2/h3-6,13H,1-2H3,(H,14,15)/t6-/m1/s1. The number of ether oxygens (including phenoxy) is 1. The van der Waals surface area contributed by atoms with Gasteiger partial charge in [-0.1, -0.05) is 11.6 Å². The Morgan fingerprint density at radius 2 is 2.00 bits per heavy atom. The van der Waals surface area contributed by atoms with E-state index >= 15 is 0 Å². The van der Waals surface area contributed by atoms with Crippen LogP contribution >= 0.6 is 11.6 Å². The summed E-state index contributed by atoms with van der Waals surface area (Å²) in [4.78, 5) is 21.8. The Morgan fingerprint density at radius 3 is 2.50 bits per heavy atom. The second-order valence-corrected chi connectivity index (χ2v) is 5.93. The maximum atomic E-state index is 12.1. The molecule has 9 heteroatoms. The third-order valence-corrected chi connectivity index (χ3v) is 4.16. The summed E-state index contributed by atoms with van der Waals surface area (Å²) in [6.45, 7) is 1.16. The van der Waals surface area contributed by atoms with Crippen LogP contribution in [0.25, 0.3) is 0 Å². The monoisotopic (exact) mass is 321 g/mol. The third kappa shape index (κ3) is 3.69. The van der Waals surface area contributed by atoms with Crippen molar-refractivity contribution in [1.29, 1.82) is 0 Å². The van der Waals surface area contributed by atoms with Crippen LogP contribution in [0.1, 0.15) is 17.3 Å². The highest BCUT2D eigenvalue weighted by molar-refractivity contribution is 7.89. The summed E-state index contributed by atoms with van der Waals surface area (Å²) in [6.07, 6.45) is 0. The summed E-state index contributed by atoms with van der Waals surface area (Å²) < 4.78 is 30.6. The number of halogens is 1. The highest BCUT2D eigenvalue weighted by Gasteiger charge is 2.27. The van der Waals surface area contributed by atoms with Crippen LogP contribution in [0.4, 0.5) is 0 Å². The molecule has 0 unspecified atom stereocenters. The van der Waals surface area contributed by atoms with Crippen LogP contribution < -0.4 is 4.72 Å². The van der Waals surface area contributed by atoms with E-state index < -0.39 is 32.9 Å². The van der Waals surface area contributed by atoms with Crippen molar-refractivity contribution in [2.24, 2.45) is 0 Å². The number of hydrogen-bond acceptors (Lipinski definition) is 5. The van der Waals surface area contributed by atoms with Gasteiger partial charge in [0.1, 0.15) is 6.04 Å². The zero-order chi connectivity index (χ0) is 15.5. The summed E-state index contributed by atoms with van der Waals surface area (Å²) in [6, 6.07) is 2.20. The lowest BCUT2D eigenvalue weighted by Crippen LogP contribution is -2.38. The topological polar surface area (TPSA) is 110 Å². The summed E-state index contributed by atoms with van der Waals surface area (Å²) in [5.41, 5.74) is -0.234. The quantitative estimate of drug-likeness (QED) is 0.779. The van der Waals surface area contributed by atoms with Crippen molar-refractivity contribution >= 4 is 33.6 Å². The molecule has 0 amide bonds. The van der Waals surface area contributed by atoms with Gasteiger partial charge in [-0.15, -0.1) is 0 Å². The molecule has 0 aliphatic carbocycles. The van der Waals surface area contributed by atoms with Gasteiger partial charge < -0.3 is 9.84 Å². The van der Waals surface area contributed by atoms with E-state index in [1.165, 1.54) is 12.1 Å². The smallest absolute Gasteiger partial charge is 0.339 e. The number of carboxylic acid groups (broad SMARTS) is 1. The molecule has 0 heterocycles. The van der Waals surface area contributed by atoms with E-state index in [0.29, 0.717) is 0 Å². The molecule has 0 saturated carbocycles. The van der Waals surface area contributed by atoms with Crippen LogP contribution in [0, 0.1) is 0 Å². The summed E-state index contributed by atoms with van der Waals surface area (Å²) >= 11 is 5.71. The molecule has 1 rings (SSSR count). The molecule has 1 aromatic rings. The van der Waals surface area contributed by atoms with Gasteiger partial charge in [0.25, 0.3) is 0 Å². The Labute approximate surface area is 120 Å². The predicted molar refractivity (Wildman–Crippen MR) is 70.2 cm³/mol. The second-order valence-electron chi connectivity index (χ2n) is 3.81. The molecule has 0 aliphatic heterocycles. The minimum atomic E-state index is -4.23. The number of carbonyl (C=O) groups excluding carboxylic acids is 1. The Bertz CT molecular complexity index is 642. The highest BCUT2D eigenvalue weighted by atomic mass is 35.5. The fourth-order valence-electron chi connectivity index (χ4n) is 1.34. The minimum absolute atomic E-state index is 0.0843. The molecule has 0 aliphatic rings. The molecule has 7 nitrogen and oxygen atoms in total. The van der Waals surface area contributed by atoms with Gasteiger partial charge in [-0.25, -0.2) is 13.2 Å². The average molecular weight is 322 g/mol. The largest absolute Gasteiger partial charge is 0.480 e. The SMILES string of the molecule is COC(=O)c1ccc(Cl)cc1S(=O)(=O)N[C@H](C)C(=O)O. The van der Waals surface area contributed by atoms with Gasteiger partial charge in [-0.3, -0.25) is 4.79 Å². The summed E-state index contributed by atoms with van der Waals surface area (Å²) in [5.74, 6) is -2.22. The molecule has 0 aromatic heterocycles. The first-order valence-electron chi connectivity index (χ1n) is 5.32. The van der Waals surface area contributed by atoms with Gasteiger partial charge in [0.2, 0.25) is 10.0 Å². The Balaban J connectivity index is 3.33. The Hall–Kier alpha value is -1.64. The van der Waals surface area contributed by atoms with Crippen LogP contribution in [0.5, 0.6) is 0 Å². The van der Waals surface area contributed by atoms with Crippen molar-refractivity contribution in [2.75, 3.05) is 7.11 Å². The number of aliphatic carboxylic acids is 1. The van der Waals surface area contributed by atoms with Crippen LogP contribution in [-0.4, -0.2) is 38.6 Å². The number of esters is 1. The molecular weight excluding hydrogens is 310 g/mol. The molecule has 0 bridgehead atoms. The number of benzene rings is 1. The van der Waals surface area contributed by atoms with Crippen LogP contribution in [0.3, 0.4) is 0 Å². The average Bonchev–Trinajstić information content (AvgIpc) is 2.37. The molecular formula is C11H12ClNO6S. The van der Waals surface area contributed by atoms with E-state index in [1.54, 1.807) is 0 Å². The Kier molecular flexibility index (Phi) is 5.09. The molecule has 0 saturated heterocycles. The summed E-state index contributed by atoms with van der Waals surface area (Å²) in [5, 5.41) is 8.81. The van der Waals surface area contributed by atoms with Crippen LogP contribution in [0.15, 0.2) is 23.1 Å². The second kappa shape index (κ2) is 6.21. The lowest BCUT2D eigenvalue weighted by molar-refractivity contribution is -0.138. The fraction of sp³-hybridized carbons (Fsp3) is 0.273. The van der Waals surface area contributed by atoms with Gasteiger partial charge >= 0.3 is 11.9 Å². The van der Waals surface area contributed by atoms with Crippen LogP contribution in [-0.2, 0) is 19.6 Å². The van der Waals surface area contributed by atoms with Crippen LogP contribution in [0.2, 0.25) is 5.02 Å². The number of sulfonamides is 1. The first kappa shape index (κ1) is 16.4. The lowest BCUT2D eigenvalue weighted by Gasteiger charge is -2.13. The molecule has 0 radical (unpaired) electrons. The molecule has 0 spiro atoms. The maximum absolute atomic E-state index is 12.1. The van der Waals surface area contributed by atoms with E-state index in [4.69, 9.17) is 16.7 Å². The number of methoxy groups -OCH3 is 1. The van der Waals surface area contributed by atoms with E-state index in [2.05, 4.69) is 4.74 Å². The first-order valence-corrected chi connectivity index (χ1v) is 7.18. The van der Waals surface area contributed by atoms with E-state index in [1.807, 2.05) is 4.72 Å². The first-order chi connectivity index (χ1) is 9.19. The number of nitrogens with one attached hydrogen (secondary N) is 1. The lowest BCUT2D eigenvalue weighted by atomic mass is 10.2. The number of carboxylic acids is 1. The molecule has 1 aromatic carbocycles. The molecule has 110 valence electrons. The molecule has 1 atom stereocenters. The highest BCUT2D eigenvalue weighted by Crippen LogP contribution is 2.21. The van der Waals surface area contributed by atoms with Crippen molar-refractivity contribution in [3.63, 3.8) is 0 Å². The van der Waals surface area contributed by atoms with Crippen molar-refractivity contribution in [1.82, 2.24) is 4.72 Å². The van der Waals surface area contributed by atoms with E-state index in [9.17, 15) is 18.0 Å².